The Kier molecular flexibility index (Phi) is 3.39. The zero-order valence-corrected chi connectivity index (χ0v) is 11.7. The van der Waals surface area contributed by atoms with Gasteiger partial charge in [0, 0.05) is 0 Å². The molecule has 6 nitrogen and oxygen atoms in total. The number of aromatic hydroxyl groups is 1. The monoisotopic (exact) mass is 340 g/mol. The molecule has 2 heterocycles. The number of alkyl halides is 3. The highest BCUT2D eigenvalue weighted by molar-refractivity contribution is 5.87. The maximum absolute atomic E-state index is 14.0. The SMILES string of the molecule is Nc1ncnc2c(=O)n(-c3c(O)cccc3F)c(C(F)(F)F)cc12. The van der Waals surface area contributed by atoms with Gasteiger partial charge < -0.3 is 10.8 Å². The minimum Gasteiger partial charge on any atom is -0.506 e. The Bertz CT molecular complexity index is 994. The molecule has 3 aromatic rings. The second-order valence-corrected chi connectivity index (χ2v) is 4.80. The first-order valence-corrected chi connectivity index (χ1v) is 6.43. The van der Waals surface area contributed by atoms with Gasteiger partial charge in [-0.3, -0.25) is 9.36 Å². The molecule has 0 aliphatic carbocycles. The first-order chi connectivity index (χ1) is 11.2. The third-order valence-electron chi connectivity index (χ3n) is 3.32. The fourth-order valence-corrected chi connectivity index (χ4v) is 2.29. The van der Waals surface area contributed by atoms with Crippen LogP contribution in [0.4, 0.5) is 23.4 Å². The Hall–Kier alpha value is -3.17. The number of rotatable bonds is 1. The minimum atomic E-state index is -5.02. The van der Waals surface area contributed by atoms with E-state index < -0.39 is 40.2 Å². The lowest BCUT2D eigenvalue weighted by atomic mass is 10.2. The van der Waals surface area contributed by atoms with Gasteiger partial charge in [-0.1, -0.05) is 6.07 Å². The average molecular weight is 340 g/mol. The lowest BCUT2D eigenvalue weighted by Crippen LogP contribution is -2.28. The Morgan fingerprint density at radius 3 is 2.54 bits per heavy atom. The van der Waals surface area contributed by atoms with Crippen molar-refractivity contribution in [2.24, 2.45) is 0 Å². The number of para-hydroxylation sites is 1. The first kappa shape index (κ1) is 15.7. The third kappa shape index (κ3) is 2.32. The Morgan fingerprint density at radius 1 is 1.21 bits per heavy atom. The van der Waals surface area contributed by atoms with Crippen molar-refractivity contribution in [1.82, 2.24) is 14.5 Å². The molecule has 24 heavy (non-hydrogen) atoms. The number of phenolic OH excluding ortho intramolecular Hbond substituents is 1. The highest BCUT2D eigenvalue weighted by Crippen LogP contribution is 2.35. The van der Waals surface area contributed by atoms with Crippen molar-refractivity contribution in [3.05, 3.63) is 52.5 Å². The fraction of sp³-hybridized carbons (Fsp3) is 0.0714. The van der Waals surface area contributed by atoms with Crippen molar-refractivity contribution in [1.29, 1.82) is 0 Å². The van der Waals surface area contributed by atoms with Crippen LogP contribution in [-0.2, 0) is 6.18 Å². The van der Waals surface area contributed by atoms with E-state index in [9.17, 15) is 27.5 Å². The topological polar surface area (TPSA) is 94.0 Å². The maximum atomic E-state index is 14.0. The normalized spacial score (nSPS) is 11.8. The number of phenols is 1. The first-order valence-electron chi connectivity index (χ1n) is 6.43. The highest BCUT2D eigenvalue weighted by Gasteiger charge is 2.37. The molecule has 0 atom stereocenters. The molecule has 0 fully saturated rings. The summed E-state index contributed by atoms with van der Waals surface area (Å²) in [7, 11) is 0. The van der Waals surface area contributed by atoms with Crippen LogP contribution in [0.5, 0.6) is 5.75 Å². The van der Waals surface area contributed by atoms with Crippen LogP contribution in [0.3, 0.4) is 0 Å². The van der Waals surface area contributed by atoms with E-state index in [0.717, 1.165) is 24.5 Å². The molecule has 3 N–H and O–H groups in total. The van der Waals surface area contributed by atoms with Crippen LogP contribution in [0.1, 0.15) is 5.69 Å². The molecule has 124 valence electrons. The van der Waals surface area contributed by atoms with E-state index in [0.29, 0.717) is 6.07 Å². The third-order valence-corrected chi connectivity index (χ3v) is 3.32. The Balaban J connectivity index is 2.56. The number of anilines is 1. The molecule has 2 aromatic heterocycles. The fourth-order valence-electron chi connectivity index (χ4n) is 2.29. The maximum Gasteiger partial charge on any atom is 0.431 e. The van der Waals surface area contributed by atoms with Crippen LogP contribution in [0, 0.1) is 5.82 Å². The van der Waals surface area contributed by atoms with Crippen LogP contribution in [-0.4, -0.2) is 19.6 Å². The predicted molar refractivity (Wildman–Crippen MR) is 76.2 cm³/mol. The van der Waals surface area contributed by atoms with E-state index in [-0.39, 0.29) is 15.8 Å². The molecular weight excluding hydrogens is 332 g/mol. The predicted octanol–water partition coefficient (Wildman–Crippen LogP) is 2.23. The van der Waals surface area contributed by atoms with Crippen molar-refractivity contribution in [2.75, 3.05) is 5.73 Å². The molecule has 0 radical (unpaired) electrons. The number of nitrogens with two attached hydrogens (primary N) is 1. The summed E-state index contributed by atoms with van der Waals surface area (Å²) in [6.45, 7) is 0. The number of aromatic nitrogens is 3. The van der Waals surface area contributed by atoms with Gasteiger partial charge in [0.15, 0.2) is 5.82 Å². The Labute approximate surface area is 130 Å². The van der Waals surface area contributed by atoms with Gasteiger partial charge >= 0.3 is 6.18 Å². The summed E-state index contributed by atoms with van der Waals surface area (Å²) >= 11 is 0. The smallest absolute Gasteiger partial charge is 0.431 e. The van der Waals surface area contributed by atoms with Crippen LogP contribution >= 0.6 is 0 Å². The van der Waals surface area contributed by atoms with Crippen LogP contribution < -0.4 is 11.3 Å². The zero-order valence-electron chi connectivity index (χ0n) is 11.7. The van der Waals surface area contributed by atoms with Crippen LogP contribution in [0.2, 0.25) is 0 Å². The van der Waals surface area contributed by atoms with Gasteiger partial charge in [0.1, 0.15) is 34.8 Å². The van der Waals surface area contributed by atoms with E-state index >= 15 is 0 Å². The summed E-state index contributed by atoms with van der Waals surface area (Å²) < 4.78 is 54.2. The van der Waals surface area contributed by atoms with E-state index in [2.05, 4.69) is 9.97 Å². The summed E-state index contributed by atoms with van der Waals surface area (Å²) in [5.41, 5.74) is 1.35. The lowest BCUT2D eigenvalue weighted by Gasteiger charge is -2.17. The van der Waals surface area contributed by atoms with Crippen molar-refractivity contribution >= 4 is 16.7 Å². The number of benzene rings is 1. The van der Waals surface area contributed by atoms with Crippen molar-refractivity contribution < 1.29 is 22.7 Å². The largest absolute Gasteiger partial charge is 0.506 e. The molecule has 3 rings (SSSR count). The second-order valence-electron chi connectivity index (χ2n) is 4.80. The average Bonchev–Trinajstić information content (AvgIpc) is 2.48. The molecule has 0 unspecified atom stereocenters. The summed E-state index contributed by atoms with van der Waals surface area (Å²) in [5.74, 6) is -2.36. The molecule has 0 aliphatic heterocycles. The van der Waals surface area contributed by atoms with Crippen molar-refractivity contribution in [3.8, 4) is 11.4 Å². The summed E-state index contributed by atoms with van der Waals surface area (Å²) in [5, 5.41) is 9.44. The number of nitrogens with zero attached hydrogens (tertiary/aromatic N) is 3. The number of pyridine rings is 1. The quantitative estimate of drug-likeness (QED) is 0.663. The van der Waals surface area contributed by atoms with Crippen LogP contribution in [0.15, 0.2) is 35.4 Å². The molecule has 0 bridgehead atoms. The van der Waals surface area contributed by atoms with Crippen molar-refractivity contribution in [3.63, 3.8) is 0 Å². The minimum absolute atomic E-state index is 0.0272. The summed E-state index contributed by atoms with van der Waals surface area (Å²) in [6.07, 6.45) is -4.12. The number of hydrogen-bond acceptors (Lipinski definition) is 5. The van der Waals surface area contributed by atoms with E-state index in [1.54, 1.807) is 0 Å². The summed E-state index contributed by atoms with van der Waals surface area (Å²) in [4.78, 5) is 19.6. The molecule has 0 aliphatic rings. The van der Waals surface area contributed by atoms with E-state index in [1.807, 2.05) is 0 Å². The van der Waals surface area contributed by atoms with Gasteiger partial charge in [-0.2, -0.15) is 13.2 Å². The van der Waals surface area contributed by atoms with Crippen LogP contribution in [0.25, 0.3) is 16.6 Å². The number of halogens is 4. The zero-order chi connectivity index (χ0) is 17.6. The standard InChI is InChI=1S/C14H8F4N4O2/c15-7-2-1-3-8(23)11(7)22-9(14(16,17)18)4-6-10(13(22)24)20-5-21-12(6)19/h1-5,23H,(H2,19,20,21). The summed E-state index contributed by atoms with van der Waals surface area (Å²) in [6, 6.07) is 3.41. The number of fused-ring (bicyclic) bond motifs is 1. The van der Waals surface area contributed by atoms with Gasteiger partial charge in [0.05, 0.1) is 5.39 Å². The number of hydrogen-bond donors (Lipinski definition) is 2. The van der Waals surface area contributed by atoms with Gasteiger partial charge in [0.25, 0.3) is 5.56 Å². The molecule has 0 saturated carbocycles. The van der Waals surface area contributed by atoms with Crippen molar-refractivity contribution in [2.45, 2.75) is 6.18 Å². The molecule has 0 amide bonds. The lowest BCUT2D eigenvalue weighted by molar-refractivity contribution is -0.142. The van der Waals surface area contributed by atoms with Gasteiger partial charge in [-0.25, -0.2) is 14.4 Å². The van der Waals surface area contributed by atoms with E-state index in [1.165, 1.54) is 0 Å². The number of nitrogen functional groups attached to an aromatic ring is 1. The second kappa shape index (κ2) is 5.18. The molecule has 1 aromatic carbocycles. The van der Waals surface area contributed by atoms with Gasteiger partial charge in [-0.15, -0.1) is 0 Å². The Morgan fingerprint density at radius 2 is 1.92 bits per heavy atom. The molecule has 0 spiro atoms. The van der Waals surface area contributed by atoms with E-state index in [4.69, 9.17) is 5.73 Å². The highest BCUT2D eigenvalue weighted by atomic mass is 19.4. The van der Waals surface area contributed by atoms with Gasteiger partial charge in [-0.05, 0) is 18.2 Å². The molecular formula is C14H8F4N4O2. The molecule has 0 saturated heterocycles. The van der Waals surface area contributed by atoms with Gasteiger partial charge in [0.2, 0.25) is 0 Å². The molecule has 10 heteroatoms.